The van der Waals surface area contributed by atoms with Crippen molar-refractivity contribution >= 4 is 5.91 Å². The molecule has 0 saturated carbocycles. The fourth-order valence-corrected chi connectivity index (χ4v) is 3.98. The molecule has 2 aromatic rings. The largest absolute Gasteiger partial charge is 0.493 e. The highest BCUT2D eigenvalue weighted by Crippen LogP contribution is 2.46. The summed E-state index contributed by atoms with van der Waals surface area (Å²) in [4.78, 5) is 14.8. The molecule has 0 spiro atoms. The van der Waals surface area contributed by atoms with Crippen molar-refractivity contribution in [1.29, 1.82) is 0 Å². The molecular formula is C18H21FN4O2. The van der Waals surface area contributed by atoms with Crippen LogP contribution >= 0.6 is 0 Å². The second-order valence-electron chi connectivity index (χ2n) is 6.71. The van der Waals surface area contributed by atoms with Gasteiger partial charge in [0.2, 0.25) is 5.91 Å². The molecule has 4 rings (SSSR count). The topological polar surface area (TPSA) is 59.4 Å². The van der Waals surface area contributed by atoms with E-state index in [0.717, 1.165) is 5.56 Å². The Kier molecular flexibility index (Phi) is 4.17. The SMILES string of the molecule is CN1C[C@@H](C(=O)NCCn2cccn2)[C@@H]2COc3ccc(F)cc3[C@@H]21. The minimum absolute atomic E-state index is 0.0151. The Labute approximate surface area is 145 Å². The number of nitrogens with zero attached hydrogens (tertiary/aromatic N) is 3. The van der Waals surface area contributed by atoms with E-state index in [1.165, 1.54) is 12.1 Å². The maximum Gasteiger partial charge on any atom is 0.224 e. The molecule has 3 atom stereocenters. The van der Waals surface area contributed by atoms with Crippen molar-refractivity contribution in [2.45, 2.75) is 12.6 Å². The first-order valence-electron chi connectivity index (χ1n) is 8.51. The number of fused-ring (bicyclic) bond motifs is 3. The van der Waals surface area contributed by atoms with Gasteiger partial charge in [-0.3, -0.25) is 14.4 Å². The third-order valence-electron chi connectivity index (χ3n) is 5.14. The highest BCUT2D eigenvalue weighted by atomic mass is 19.1. The molecule has 2 aliphatic heterocycles. The minimum atomic E-state index is -0.275. The average molecular weight is 344 g/mol. The van der Waals surface area contributed by atoms with Crippen molar-refractivity contribution in [2.75, 3.05) is 26.7 Å². The van der Waals surface area contributed by atoms with E-state index in [9.17, 15) is 9.18 Å². The van der Waals surface area contributed by atoms with Gasteiger partial charge >= 0.3 is 0 Å². The number of hydrogen-bond acceptors (Lipinski definition) is 4. The van der Waals surface area contributed by atoms with Crippen LogP contribution < -0.4 is 10.1 Å². The lowest BCUT2D eigenvalue weighted by atomic mass is 9.85. The van der Waals surface area contributed by atoms with Crippen molar-refractivity contribution in [2.24, 2.45) is 11.8 Å². The summed E-state index contributed by atoms with van der Waals surface area (Å²) in [6, 6.07) is 6.48. The molecule has 1 fully saturated rings. The standard InChI is InChI=1S/C18H21FN4O2/c1-22-10-14(18(24)20-6-8-23-7-2-5-21-23)15-11-25-16-4-3-12(19)9-13(16)17(15)22/h2-5,7,9,14-15,17H,6,8,10-11H2,1H3,(H,20,24)/t14-,15+,17+/m1/s1. The molecule has 132 valence electrons. The van der Waals surface area contributed by atoms with E-state index in [4.69, 9.17) is 4.74 Å². The second-order valence-corrected chi connectivity index (χ2v) is 6.71. The Morgan fingerprint density at radius 1 is 1.48 bits per heavy atom. The number of benzene rings is 1. The lowest BCUT2D eigenvalue weighted by molar-refractivity contribution is -0.126. The number of amides is 1. The summed E-state index contributed by atoms with van der Waals surface area (Å²) in [5, 5.41) is 7.12. The Bertz CT molecular complexity index is 764. The summed E-state index contributed by atoms with van der Waals surface area (Å²) in [5.74, 6) is 0.334. The van der Waals surface area contributed by atoms with Crippen LogP contribution in [0.2, 0.25) is 0 Å². The fraction of sp³-hybridized carbons (Fsp3) is 0.444. The van der Waals surface area contributed by atoms with Crippen molar-refractivity contribution in [3.63, 3.8) is 0 Å². The third-order valence-corrected chi connectivity index (χ3v) is 5.14. The van der Waals surface area contributed by atoms with Crippen LogP contribution in [-0.4, -0.2) is 47.3 Å². The van der Waals surface area contributed by atoms with Gasteiger partial charge in [0.05, 0.1) is 19.1 Å². The molecule has 7 heteroatoms. The highest BCUT2D eigenvalue weighted by Gasteiger charge is 2.47. The number of likely N-dealkylation sites (tertiary alicyclic amines) is 1. The smallest absolute Gasteiger partial charge is 0.224 e. The molecule has 6 nitrogen and oxygen atoms in total. The molecular weight excluding hydrogens is 323 g/mol. The number of hydrogen-bond donors (Lipinski definition) is 1. The maximum atomic E-state index is 13.7. The molecule has 0 aliphatic carbocycles. The molecule has 25 heavy (non-hydrogen) atoms. The molecule has 1 amide bonds. The van der Waals surface area contributed by atoms with Gasteiger partial charge in [0.25, 0.3) is 0 Å². The van der Waals surface area contributed by atoms with Crippen LogP contribution in [0.3, 0.4) is 0 Å². The second kappa shape index (κ2) is 6.48. The van der Waals surface area contributed by atoms with Crippen LogP contribution in [0.4, 0.5) is 4.39 Å². The van der Waals surface area contributed by atoms with Crippen LogP contribution in [-0.2, 0) is 11.3 Å². The summed E-state index contributed by atoms with van der Waals surface area (Å²) in [7, 11) is 1.98. The molecule has 1 N–H and O–H groups in total. The summed E-state index contributed by atoms with van der Waals surface area (Å²) in [6.45, 7) is 2.29. The van der Waals surface area contributed by atoms with Gasteiger partial charge in [-0.25, -0.2) is 4.39 Å². The predicted molar refractivity (Wildman–Crippen MR) is 89.5 cm³/mol. The molecule has 1 aromatic carbocycles. The summed E-state index contributed by atoms with van der Waals surface area (Å²) in [5.41, 5.74) is 0.839. The Morgan fingerprint density at radius 3 is 3.16 bits per heavy atom. The van der Waals surface area contributed by atoms with E-state index < -0.39 is 0 Å². The molecule has 1 saturated heterocycles. The zero-order valence-corrected chi connectivity index (χ0v) is 14.1. The molecule has 0 radical (unpaired) electrons. The van der Waals surface area contributed by atoms with Crippen LogP contribution in [0.5, 0.6) is 5.75 Å². The van der Waals surface area contributed by atoms with E-state index in [2.05, 4.69) is 15.3 Å². The Balaban J connectivity index is 1.45. The van der Waals surface area contributed by atoms with Gasteiger partial charge in [0, 0.05) is 43.0 Å². The monoisotopic (exact) mass is 344 g/mol. The summed E-state index contributed by atoms with van der Waals surface area (Å²) >= 11 is 0. The average Bonchev–Trinajstić information content (AvgIpc) is 3.22. The predicted octanol–water partition coefficient (Wildman–Crippen LogP) is 1.45. The molecule has 2 aliphatic rings. The number of carbonyl (C=O) groups is 1. The van der Waals surface area contributed by atoms with Gasteiger partial charge in [-0.15, -0.1) is 0 Å². The Morgan fingerprint density at radius 2 is 2.36 bits per heavy atom. The van der Waals surface area contributed by atoms with Gasteiger partial charge in [0.15, 0.2) is 0 Å². The maximum absolute atomic E-state index is 13.7. The number of ether oxygens (including phenoxy) is 1. The third kappa shape index (κ3) is 3.00. The van der Waals surface area contributed by atoms with Gasteiger partial charge in [-0.2, -0.15) is 5.10 Å². The normalized spacial score (nSPS) is 25.1. The van der Waals surface area contributed by atoms with Gasteiger partial charge in [-0.1, -0.05) is 0 Å². The fourth-order valence-electron chi connectivity index (χ4n) is 3.98. The van der Waals surface area contributed by atoms with Gasteiger partial charge in [0.1, 0.15) is 11.6 Å². The van der Waals surface area contributed by atoms with E-state index in [-0.39, 0.29) is 29.6 Å². The number of nitrogens with one attached hydrogen (secondary N) is 1. The zero-order chi connectivity index (χ0) is 17.4. The van der Waals surface area contributed by atoms with E-state index >= 15 is 0 Å². The number of halogens is 1. The number of aromatic nitrogens is 2. The van der Waals surface area contributed by atoms with E-state index in [1.54, 1.807) is 16.9 Å². The van der Waals surface area contributed by atoms with Crippen molar-refractivity contribution < 1.29 is 13.9 Å². The van der Waals surface area contributed by atoms with Crippen molar-refractivity contribution in [3.8, 4) is 5.75 Å². The number of carbonyl (C=O) groups excluding carboxylic acids is 1. The summed E-state index contributed by atoms with van der Waals surface area (Å²) < 4.78 is 21.3. The molecule has 1 aromatic heterocycles. The van der Waals surface area contributed by atoms with Crippen LogP contribution in [0.15, 0.2) is 36.7 Å². The first-order valence-corrected chi connectivity index (χ1v) is 8.51. The van der Waals surface area contributed by atoms with Crippen molar-refractivity contribution in [1.82, 2.24) is 20.0 Å². The molecule has 0 bridgehead atoms. The van der Waals surface area contributed by atoms with E-state index in [1.807, 2.05) is 19.3 Å². The first-order chi connectivity index (χ1) is 12.1. The highest BCUT2D eigenvalue weighted by molar-refractivity contribution is 5.80. The van der Waals surface area contributed by atoms with E-state index in [0.29, 0.717) is 32.0 Å². The van der Waals surface area contributed by atoms with Crippen LogP contribution in [0.1, 0.15) is 11.6 Å². The first kappa shape index (κ1) is 16.1. The number of rotatable bonds is 4. The zero-order valence-electron chi connectivity index (χ0n) is 14.1. The minimum Gasteiger partial charge on any atom is -0.493 e. The van der Waals surface area contributed by atoms with Gasteiger partial charge in [-0.05, 0) is 31.3 Å². The Hall–Kier alpha value is -2.41. The van der Waals surface area contributed by atoms with Crippen LogP contribution in [0.25, 0.3) is 0 Å². The van der Waals surface area contributed by atoms with Gasteiger partial charge < -0.3 is 10.1 Å². The lowest BCUT2D eigenvalue weighted by Gasteiger charge is -2.33. The van der Waals surface area contributed by atoms with Crippen LogP contribution in [0, 0.1) is 17.7 Å². The molecule has 0 unspecified atom stereocenters. The summed E-state index contributed by atoms with van der Waals surface area (Å²) in [6.07, 6.45) is 3.58. The van der Waals surface area contributed by atoms with Crippen molar-refractivity contribution in [3.05, 3.63) is 48.0 Å². The lowest BCUT2D eigenvalue weighted by Crippen LogP contribution is -2.39. The quantitative estimate of drug-likeness (QED) is 0.912. The molecule has 3 heterocycles.